The van der Waals surface area contributed by atoms with Crippen LogP contribution < -0.4 is 10.0 Å². The molecule has 1 amide bonds. The van der Waals surface area contributed by atoms with Crippen LogP contribution in [0.1, 0.15) is 0 Å². The van der Waals surface area contributed by atoms with Crippen LogP contribution in [0.3, 0.4) is 0 Å². The molecule has 1 heterocycles. The molecule has 0 unspecified atom stereocenters. The fraction of sp³-hybridized carbons (Fsp3) is 0.200. The summed E-state index contributed by atoms with van der Waals surface area (Å²) in [6.07, 6.45) is 1.66. The summed E-state index contributed by atoms with van der Waals surface area (Å²) < 4.78 is 23.9. The third-order valence-electron chi connectivity index (χ3n) is 2.41. The summed E-state index contributed by atoms with van der Waals surface area (Å²) in [6.45, 7) is 0.316. The molecule has 1 aliphatic rings. The van der Waals surface area contributed by atoms with Gasteiger partial charge in [0.25, 0.3) is 0 Å². The molecular formula is C10H12N3O3S+. The Labute approximate surface area is 99.0 Å². The van der Waals surface area contributed by atoms with Crippen LogP contribution in [0, 0.1) is 0 Å². The molecule has 2 rings (SSSR count). The fourth-order valence-electron chi connectivity index (χ4n) is 1.60. The highest BCUT2D eigenvalue weighted by Crippen LogP contribution is 2.17. The summed E-state index contributed by atoms with van der Waals surface area (Å²) in [4.78, 5) is 13.1. The van der Waals surface area contributed by atoms with Crippen LogP contribution in [-0.2, 0) is 14.8 Å². The molecule has 0 radical (unpaired) electrons. The van der Waals surface area contributed by atoms with Gasteiger partial charge in [0.15, 0.2) is 6.54 Å². The largest absolute Gasteiger partial charge is 0.355 e. The summed E-state index contributed by atoms with van der Waals surface area (Å²) in [7, 11) is -1.90. The highest BCUT2D eigenvalue weighted by Gasteiger charge is 2.29. The molecule has 90 valence electrons. The first kappa shape index (κ1) is 11.7. The van der Waals surface area contributed by atoms with Crippen molar-refractivity contribution in [1.29, 1.82) is 0 Å². The molecule has 0 bridgehead atoms. The zero-order chi connectivity index (χ0) is 12.6. The number of hydrogen-bond donors (Lipinski definition) is 1. The quantitative estimate of drug-likeness (QED) is 0.712. The summed E-state index contributed by atoms with van der Waals surface area (Å²) in [5.41, 5.74) is 0.617. The van der Waals surface area contributed by atoms with Gasteiger partial charge in [-0.1, -0.05) is 0 Å². The van der Waals surface area contributed by atoms with E-state index in [2.05, 4.69) is 0 Å². The second-order valence-corrected chi connectivity index (χ2v) is 5.39. The number of benzene rings is 1. The standard InChI is InChI=1S/C10H12N3O3S/c1-12-6-10(14)13(7-12)8-2-4-9(5-3-8)17(11,15)16/h2-5,7H,6H2,1H3,(H2,11,15,16)/q+1. The highest BCUT2D eigenvalue weighted by molar-refractivity contribution is 7.89. The smallest absolute Gasteiger partial charge is 0.259 e. The lowest BCUT2D eigenvalue weighted by Gasteiger charge is -2.04. The number of anilines is 1. The second-order valence-electron chi connectivity index (χ2n) is 3.83. The fourth-order valence-corrected chi connectivity index (χ4v) is 2.11. The summed E-state index contributed by atoms with van der Waals surface area (Å²) in [6, 6.07) is 5.86. The van der Waals surface area contributed by atoms with Gasteiger partial charge in [-0.2, -0.15) is 4.90 Å². The number of carbonyl (C=O) groups excluding carboxylic acids is 1. The minimum atomic E-state index is -3.69. The first-order valence-corrected chi connectivity index (χ1v) is 6.43. The van der Waals surface area contributed by atoms with Crippen LogP contribution in [-0.4, -0.2) is 38.8 Å². The van der Waals surface area contributed by atoms with Crippen molar-refractivity contribution in [2.24, 2.45) is 5.14 Å². The first-order valence-electron chi connectivity index (χ1n) is 4.88. The average Bonchev–Trinajstić information content (AvgIpc) is 2.57. The van der Waals surface area contributed by atoms with Crippen molar-refractivity contribution in [2.75, 3.05) is 18.5 Å². The zero-order valence-electron chi connectivity index (χ0n) is 9.20. The van der Waals surface area contributed by atoms with Crippen molar-refractivity contribution in [1.82, 2.24) is 0 Å². The average molecular weight is 254 g/mol. The Morgan fingerprint density at radius 1 is 1.29 bits per heavy atom. The molecule has 0 aromatic heterocycles. The molecule has 0 saturated heterocycles. The molecule has 6 nitrogen and oxygen atoms in total. The van der Waals surface area contributed by atoms with Crippen LogP contribution in [0.25, 0.3) is 0 Å². The van der Waals surface area contributed by atoms with E-state index < -0.39 is 10.0 Å². The third-order valence-corrected chi connectivity index (χ3v) is 3.34. The summed E-state index contributed by atoms with van der Waals surface area (Å²) in [5, 5.41) is 4.99. The maximum Gasteiger partial charge on any atom is 0.355 e. The number of sulfonamides is 1. The van der Waals surface area contributed by atoms with Gasteiger partial charge in [-0.3, -0.25) is 4.58 Å². The van der Waals surface area contributed by atoms with E-state index in [1.807, 2.05) is 0 Å². The van der Waals surface area contributed by atoms with E-state index in [1.165, 1.54) is 17.0 Å². The van der Waals surface area contributed by atoms with Gasteiger partial charge in [0.05, 0.1) is 11.9 Å². The number of likely N-dealkylation sites (N-methyl/N-ethyl adjacent to an activating group) is 1. The molecule has 0 fully saturated rings. The van der Waals surface area contributed by atoms with Crippen molar-refractivity contribution >= 4 is 28.0 Å². The van der Waals surface area contributed by atoms with Gasteiger partial charge in [-0.25, -0.2) is 18.4 Å². The van der Waals surface area contributed by atoms with Crippen molar-refractivity contribution in [3.63, 3.8) is 0 Å². The van der Waals surface area contributed by atoms with Gasteiger partial charge in [0.1, 0.15) is 5.69 Å². The number of nitrogens with two attached hydrogens (primary N) is 1. The molecule has 0 spiro atoms. The minimum Gasteiger partial charge on any atom is -0.259 e. The van der Waals surface area contributed by atoms with Gasteiger partial charge in [-0.15, -0.1) is 0 Å². The zero-order valence-corrected chi connectivity index (χ0v) is 10.0. The molecule has 0 saturated carbocycles. The van der Waals surface area contributed by atoms with E-state index in [0.717, 1.165) is 0 Å². The van der Waals surface area contributed by atoms with Gasteiger partial charge in [0, 0.05) is 0 Å². The Hall–Kier alpha value is -1.73. The first-order chi connectivity index (χ1) is 7.88. The molecular weight excluding hydrogens is 242 g/mol. The summed E-state index contributed by atoms with van der Waals surface area (Å²) >= 11 is 0. The topological polar surface area (TPSA) is 83.5 Å². The summed E-state index contributed by atoms with van der Waals surface area (Å²) in [5.74, 6) is -0.0594. The van der Waals surface area contributed by atoms with Crippen molar-refractivity contribution in [3.8, 4) is 0 Å². The third kappa shape index (κ3) is 2.34. The van der Waals surface area contributed by atoms with Gasteiger partial charge < -0.3 is 0 Å². The van der Waals surface area contributed by atoms with Gasteiger partial charge in [0.2, 0.25) is 16.4 Å². The SMILES string of the molecule is C[N+]1=CN(c2ccc(S(N)(=O)=O)cc2)C(=O)C1. The van der Waals surface area contributed by atoms with Crippen molar-refractivity contribution < 1.29 is 17.8 Å². The van der Waals surface area contributed by atoms with Crippen LogP contribution in [0.5, 0.6) is 0 Å². The lowest BCUT2D eigenvalue weighted by Crippen LogP contribution is -2.25. The molecule has 0 atom stereocenters. The minimum absolute atomic E-state index is 0.0289. The molecule has 1 aromatic carbocycles. The molecule has 2 N–H and O–H groups in total. The van der Waals surface area contributed by atoms with Gasteiger partial charge >= 0.3 is 5.91 Å². The Morgan fingerprint density at radius 3 is 2.29 bits per heavy atom. The van der Waals surface area contributed by atoms with E-state index in [9.17, 15) is 13.2 Å². The molecule has 7 heteroatoms. The number of rotatable bonds is 2. The Bertz CT molecular complexity index is 590. The van der Waals surface area contributed by atoms with E-state index >= 15 is 0 Å². The van der Waals surface area contributed by atoms with E-state index in [0.29, 0.717) is 12.2 Å². The molecule has 1 aliphatic heterocycles. The van der Waals surface area contributed by atoms with Crippen LogP contribution in [0.15, 0.2) is 29.2 Å². The van der Waals surface area contributed by atoms with Gasteiger partial charge in [-0.05, 0) is 24.3 Å². The van der Waals surface area contributed by atoms with Crippen molar-refractivity contribution in [2.45, 2.75) is 4.90 Å². The highest BCUT2D eigenvalue weighted by atomic mass is 32.2. The lowest BCUT2D eigenvalue weighted by molar-refractivity contribution is -0.474. The maximum absolute atomic E-state index is 11.6. The lowest BCUT2D eigenvalue weighted by atomic mass is 10.3. The normalized spacial score (nSPS) is 16.2. The van der Waals surface area contributed by atoms with E-state index in [1.54, 1.807) is 30.1 Å². The van der Waals surface area contributed by atoms with Crippen LogP contribution >= 0.6 is 0 Å². The van der Waals surface area contributed by atoms with E-state index in [-0.39, 0.29) is 10.8 Å². The van der Waals surface area contributed by atoms with Crippen molar-refractivity contribution in [3.05, 3.63) is 24.3 Å². The Kier molecular flexibility index (Phi) is 2.72. The Balaban J connectivity index is 2.34. The predicted molar refractivity (Wildman–Crippen MR) is 62.4 cm³/mol. The molecule has 17 heavy (non-hydrogen) atoms. The number of hydrogen-bond acceptors (Lipinski definition) is 3. The monoisotopic (exact) mass is 254 g/mol. The number of carbonyl (C=O) groups is 1. The van der Waals surface area contributed by atoms with E-state index in [4.69, 9.17) is 5.14 Å². The predicted octanol–water partition coefficient (Wildman–Crippen LogP) is -0.649. The van der Waals surface area contributed by atoms with Crippen LogP contribution in [0.4, 0.5) is 5.69 Å². The molecule has 1 aromatic rings. The molecule has 0 aliphatic carbocycles. The number of nitrogens with zero attached hydrogens (tertiary/aromatic N) is 2. The second kappa shape index (κ2) is 3.94. The number of amides is 1. The maximum atomic E-state index is 11.6. The number of primary sulfonamides is 1. The Morgan fingerprint density at radius 2 is 1.88 bits per heavy atom. The van der Waals surface area contributed by atoms with Crippen LogP contribution in [0.2, 0.25) is 0 Å².